The Labute approximate surface area is 117 Å². The highest BCUT2D eigenvalue weighted by Gasteiger charge is 2.22. The number of rotatable bonds is 1. The van der Waals surface area contributed by atoms with Crippen molar-refractivity contribution < 1.29 is 9.53 Å². The molecule has 2 aromatic rings. The third-order valence-electron chi connectivity index (χ3n) is 2.99. The van der Waals surface area contributed by atoms with Gasteiger partial charge in [-0.2, -0.15) is 0 Å². The molecule has 0 spiro atoms. The van der Waals surface area contributed by atoms with E-state index >= 15 is 0 Å². The third kappa shape index (κ3) is 2.36. The van der Waals surface area contributed by atoms with Gasteiger partial charge < -0.3 is 10.1 Å². The second-order valence-electron chi connectivity index (χ2n) is 4.14. The van der Waals surface area contributed by atoms with Crippen LogP contribution in [0.4, 0.5) is 5.69 Å². The Hall–Kier alpha value is -2.37. The fraction of sp³-hybridized carbons (Fsp3) is 0.357. The van der Waals surface area contributed by atoms with Crippen LogP contribution in [0.3, 0.4) is 0 Å². The molecule has 0 aliphatic carbocycles. The number of carbonyl (C=O) groups is 1. The van der Waals surface area contributed by atoms with Gasteiger partial charge in [-0.3, -0.25) is 4.79 Å². The van der Waals surface area contributed by atoms with Crippen LogP contribution in [0, 0.1) is 6.92 Å². The van der Waals surface area contributed by atoms with Crippen molar-refractivity contribution in [3.63, 3.8) is 0 Å². The minimum atomic E-state index is -0.0643. The number of hydrogen-bond donors (Lipinski definition) is 1. The molecule has 0 saturated heterocycles. The average Bonchev–Trinajstić information content (AvgIpc) is 2.75. The van der Waals surface area contributed by atoms with Gasteiger partial charge in [0.05, 0.1) is 36.3 Å². The Kier molecular flexibility index (Phi) is 4.02. The number of ether oxygens (including phenoxy) is 1. The minimum Gasteiger partial charge on any atom is -0.497 e. The molecule has 6 heteroatoms. The lowest BCUT2D eigenvalue weighted by Gasteiger charge is -2.09. The molecule has 0 fully saturated rings. The molecule has 0 unspecified atom stereocenters. The van der Waals surface area contributed by atoms with E-state index in [9.17, 15) is 4.79 Å². The van der Waals surface area contributed by atoms with Crippen molar-refractivity contribution in [1.82, 2.24) is 15.0 Å². The van der Waals surface area contributed by atoms with Crippen molar-refractivity contribution in [2.75, 3.05) is 12.4 Å². The molecule has 106 valence electrons. The van der Waals surface area contributed by atoms with Gasteiger partial charge in [0, 0.05) is 6.07 Å². The van der Waals surface area contributed by atoms with Crippen LogP contribution < -0.4 is 10.1 Å². The number of hydrogen-bond acceptors (Lipinski definition) is 4. The molecular formula is C14H18N4O2. The Bertz CT molecular complexity index is 634. The van der Waals surface area contributed by atoms with Gasteiger partial charge in [0.2, 0.25) is 5.91 Å². The van der Waals surface area contributed by atoms with E-state index in [1.165, 1.54) is 0 Å². The molecule has 3 rings (SSSR count). The van der Waals surface area contributed by atoms with E-state index in [2.05, 4.69) is 15.6 Å². The zero-order valence-corrected chi connectivity index (χ0v) is 12.1. The molecule has 1 amide bonds. The van der Waals surface area contributed by atoms with Gasteiger partial charge in [-0.25, -0.2) is 4.68 Å². The second kappa shape index (κ2) is 5.73. The number of nitrogens with zero attached hydrogens (tertiary/aromatic N) is 3. The summed E-state index contributed by atoms with van der Waals surface area (Å²) in [6.45, 7) is 5.84. The van der Waals surface area contributed by atoms with E-state index in [1.54, 1.807) is 23.9 Å². The second-order valence-corrected chi connectivity index (χ2v) is 4.14. The normalized spacial score (nSPS) is 12.3. The lowest BCUT2D eigenvalue weighted by atomic mass is 10.2. The standard InChI is InChI=1S/C12H12N4O2.C2H6/c1-7-10-6-12(17)13-9-4-3-8(18-2)5-11(9)16(10)15-14-7;1-2/h3-5H,6H2,1-2H3,(H,13,17);1-2H3. The van der Waals surface area contributed by atoms with Crippen LogP contribution in [0.5, 0.6) is 5.75 Å². The molecule has 0 atom stereocenters. The lowest BCUT2D eigenvalue weighted by Crippen LogP contribution is -2.13. The number of carbonyl (C=O) groups excluding carboxylic acids is 1. The van der Waals surface area contributed by atoms with Gasteiger partial charge in [-0.1, -0.05) is 19.1 Å². The van der Waals surface area contributed by atoms with Gasteiger partial charge in [-0.15, -0.1) is 5.10 Å². The maximum Gasteiger partial charge on any atom is 0.230 e. The maximum absolute atomic E-state index is 11.8. The minimum absolute atomic E-state index is 0.0643. The van der Waals surface area contributed by atoms with E-state index in [4.69, 9.17) is 4.74 Å². The summed E-state index contributed by atoms with van der Waals surface area (Å²) >= 11 is 0. The molecule has 0 radical (unpaired) electrons. The fourth-order valence-corrected chi connectivity index (χ4v) is 2.04. The number of methoxy groups -OCH3 is 1. The van der Waals surface area contributed by atoms with Crippen LogP contribution in [0.1, 0.15) is 25.2 Å². The van der Waals surface area contributed by atoms with E-state index < -0.39 is 0 Å². The number of fused-ring (bicyclic) bond motifs is 3. The molecule has 1 N–H and O–H groups in total. The van der Waals surface area contributed by atoms with Crippen molar-refractivity contribution in [1.29, 1.82) is 0 Å². The van der Waals surface area contributed by atoms with Crippen molar-refractivity contribution in [3.05, 3.63) is 29.6 Å². The third-order valence-corrected chi connectivity index (χ3v) is 2.99. The first-order chi connectivity index (χ1) is 9.69. The molecule has 6 nitrogen and oxygen atoms in total. The van der Waals surface area contributed by atoms with Gasteiger partial charge in [0.15, 0.2) is 0 Å². The summed E-state index contributed by atoms with van der Waals surface area (Å²) in [6, 6.07) is 5.44. The van der Waals surface area contributed by atoms with Crippen molar-refractivity contribution in [3.8, 4) is 11.4 Å². The molecule has 0 bridgehead atoms. The summed E-state index contributed by atoms with van der Waals surface area (Å²) in [7, 11) is 1.60. The topological polar surface area (TPSA) is 69.0 Å². The van der Waals surface area contributed by atoms with E-state index in [-0.39, 0.29) is 12.3 Å². The Morgan fingerprint density at radius 1 is 1.35 bits per heavy atom. The maximum atomic E-state index is 11.8. The highest BCUT2D eigenvalue weighted by atomic mass is 16.5. The summed E-state index contributed by atoms with van der Waals surface area (Å²) in [6.07, 6.45) is 0.274. The van der Waals surface area contributed by atoms with Crippen LogP contribution in [-0.4, -0.2) is 28.0 Å². The van der Waals surface area contributed by atoms with E-state index in [1.807, 2.05) is 26.8 Å². The van der Waals surface area contributed by atoms with Crippen LogP contribution in [0.25, 0.3) is 5.69 Å². The van der Waals surface area contributed by atoms with E-state index in [0.717, 1.165) is 17.1 Å². The van der Waals surface area contributed by atoms with Crippen molar-refractivity contribution in [2.45, 2.75) is 27.2 Å². The Morgan fingerprint density at radius 2 is 2.10 bits per heavy atom. The number of aromatic nitrogens is 3. The quantitative estimate of drug-likeness (QED) is 0.864. The Morgan fingerprint density at radius 3 is 2.80 bits per heavy atom. The van der Waals surface area contributed by atoms with Gasteiger partial charge >= 0.3 is 0 Å². The van der Waals surface area contributed by atoms with Crippen LogP contribution in [0.2, 0.25) is 0 Å². The fourth-order valence-electron chi connectivity index (χ4n) is 2.04. The molecule has 1 aliphatic rings. The first-order valence-electron chi connectivity index (χ1n) is 6.58. The van der Waals surface area contributed by atoms with Crippen molar-refractivity contribution in [2.24, 2.45) is 0 Å². The van der Waals surface area contributed by atoms with Crippen LogP contribution in [0.15, 0.2) is 18.2 Å². The van der Waals surface area contributed by atoms with Gasteiger partial charge in [-0.05, 0) is 19.1 Å². The zero-order chi connectivity index (χ0) is 14.7. The number of benzene rings is 1. The summed E-state index contributed by atoms with van der Waals surface area (Å²) in [4.78, 5) is 11.8. The SMILES string of the molecule is CC.COc1ccc2c(c1)-n1nnc(C)c1CC(=O)N2. The number of amides is 1. The first-order valence-corrected chi connectivity index (χ1v) is 6.58. The summed E-state index contributed by atoms with van der Waals surface area (Å²) in [5, 5.41) is 11.0. The molecule has 0 saturated carbocycles. The molecule has 1 aliphatic heterocycles. The number of nitrogens with one attached hydrogen (secondary N) is 1. The van der Waals surface area contributed by atoms with Crippen LogP contribution in [-0.2, 0) is 11.2 Å². The average molecular weight is 274 g/mol. The highest BCUT2D eigenvalue weighted by molar-refractivity contribution is 5.95. The number of aryl methyl sites for hydroxylation is 1. The molecular weight excluding hydrogens is 256 g/mol. The molecule has 1 aromatic carbocycles. The van der Waals surface area contributed by atoms with E-state index in [0.29, 0.717) is 11.4 Å². The predicted octanol–water partition coefficient (Wildman–Crippen LogP) is 2.11. The predicted molar refractivity (Wildman–Crippen MR) is 76.3 cm³/mol. The molecule has 1 aromatic heterocycles. The monoisotopic (exact) mass is 274 g/mol. The highest BCUT2D eigenvalue weighted by Crippen LogP contribution is 2.29. The lowest BCUT2D eigenvalue weighted by molar-refractivity contribution is -0.115. The van der Waals surface area contributed by atoms with Gasteiger partial charge in [0.25, 0.3) is 0 Å². The largest absolute Gasteiger partial charge is 0.497 e. The van der Waals surface area contributed by atoms with Crippen molar-refractivity contribution >= 4 is 11.6 Å². The van der Waals surface area contributed by atoms with Gasteiger partial charge in [0.1, 0.15) is 5.75 Å². The Balaban J connectivity index is 0.000000704. The summed E-state index contributed by atoms with van der Waals surface area (Å²) in [5.41, 5.74) is 3.06. The molecule has 2 heterocycles. The summed E-state index contributed by atoms with van der Waals surface area (Å²) < 4.78 is 6.88. The smallest absolute Gasteiger partial charge is 0.230 e. The summed E-state index contributed by atoms with van der Waals surface area (Å²) in [5.74, 6) is 0.648. The molecule has 20 heavy (non-hydrogen) atoms. The zero-order valence-electron chi connectivity index (χ0n) is 12.1. The van der Waals surface area contributed by atoms with Crippen LogP contribution >= 0.6 is 0 Å². The number of anilines is 1. The first kappa shape index (κ1) is 14.0.